The molecule has 1 fully saturated rings. The van der Waals surface area contributed by atoms with E-state index in [1.807, 2.05) is 43.3 Å². The Morgan fingerprint density at radius 3 is 2.52 bits per heavy atom. The number of aryl methyl sites for hydroxylation is 1. The minimum Gasteiger partial charge on any atom is -0.356 e. The van der Waals surface area contributed by atoms with Crippen LogP contribution in [0.3, 0.4) is 0 Å². The second-order valence-corrected chi connectivity index (χ2v) is 8.78. The molecule has 1 aliphatic rings. The first-order chi connectivity index (χ1) is 14.9. The molecule has 1 atom stereocenters. The van der Waals surface area contributed by atoms with Gasteiger partial charge in [0, 0.05) is 41.8 Å². The van der Waals surface area contributed by atoms with Gasteiger partial charge in [0.05, 0.1) is 5.92 Å². The number of nitrogens with zero attached hydrogens (tertiary/aromatic N) is 1. The van der Waals surface area contributed by atoms with Gasteiger partial charge in [-0.25, -0.2) is 0 Å². The molecule has 0 radical (unpaired) electrons. The first kappa shape index (κ1) is 23.0. The lowest BCUT2D eigenvalue weighted by Crippen LogP contribution is -2.45. The van der Waals surface area contributed by atoms with E-state index < -0.39 is 0 Å². The van der Waals surface area contributed by atoms with Crippen LogP contribution in [0.5, 0.6) is 0 Å². The normalized spacial score (nSPS) is 15.9. The van der Waals surface area contributed by atoms with Crippen LogP contribution in [0.15, 0.2) is 53.0 Å². The highest BCUT2D eigenvalue weighted by atomic mass is 79.9. The highest BCUT2D eigenvalue weighted by Crippen LogP contribution is 2.19. The molecule has 164 valence electrons. The summed E-state index contributed by atoms with van der Waals surface area (Å²) >= 11 is 3.35. The van der Waals surface area contributed by atoms with E-state index in [2.05, 4.69) is 26.6 Å². The van der Waals surface area contributed by atoms with E-state index in [1.165, 1.54) is 0 Å². The van der Waals surface area contributed by atoms with Crippen LogP contribution in [0, 0.1) is 12.8 Å². The average molecular weight is 486 g/mol. The largest absolute Gasteiger partial charge is 0.356 e. The van der Waals surface area contributed by atoms with Gasteiger partial charge in [-0.1, -0.05) is 39.7 Å². The van der Waals surface area contributed by atoms with Crippen LogP contribution in [0.1, 0.15) is 45.5 Å². The van der Waals surface area contributed by atoms with Crippen molar-refractivity contribution in [3.05, 3.63) is 69.7 Å². The van der Waals surface area contributed by atoms with Crippen molar-refractivity contribution in [3.8, 4) is 0 Å². The highest BCUT2D eigenvalue weighted by Gasteiger charge is 2.28. The van der Waals surface area contributed by atoms with Gasteiger partial charge in [-0.05, 0) is 56.5 Å². The molecule has 6 nitrogen and oxygen atoms in total. The van der Waals surface area contributed by atoms with Crippen molar-refractivity contribution in [1.29, 1.82) is 0 Å². The van der Waals surface area contributed by atoms with Gasteiger partial charge in [0.15, 0.2) is 0 Å². The van der Waals surface area contributed by atoms with Gasteiger partial charge in [0.1, 0.15) is 0 Å². The molecule has 7 heteroatoms. The lowest BCUT2D eigenvalue weighted by molar-refractivity contribution is -0.126. The van der Waals surface area contributed by atoms with Crippen molar-refractivity contribution in [3.63, 3.8) is 0 Å². The summed E-state index contributed by atoms with van der Waals surface area (Å²) in [5.74, 6) is -0.378. The third kappa shape index (κ3) is 6.66. The summed E-state index contributed by atoms with van der Waals surface area (Å²) in [5.41, 5.74) is 2.37. The van der Waals surface area contributed by atoms with Crippen LogP contribution >= 0.6 is 15.9 Å². The first-order valence-electron chi connectivity index (χ1n) is 10.6. The van der Waals surface area contributed by atoms with Crippen molar-refractivity contribution < 1.29 is 14.4 Å². The fourth-order valence-corrected chi connectivity index (χ4v) is 4.03. The van der Waals surface area contributed by atoms with E-state index in [1.54, 1.807) is 17.0 Å². The Morgan fingerprint density at radius 2 is 1.77 bits per heavy atom. The molecule has 0 aromatic heterocycles. The number of benzene rings is 2. The van der Waals surface area contributed by atoms with E-state index >= 15 is 0 Å². The van der Waals surface area contributed by atoms with Crippen LogP contribution in [0.25, 0.3) is 0 Å². The van der Waals surface area contributed by atoms with Gasteiger partial charge >= 0.3 is 0 Å². The van der Waals surface area contributed by atoms with Crippen LogP contribution in [0.2, 0.25) is 0 Å². The van der Waals surface area contributed by atoms with Gasteiger partial charge in [-0.3, -0.25) is 14.4 Å². The third-order valence-corrected chi connectivity index (χ3v) is 5.90. The summed E-state index contributed by atoms with van der Waals surface area (Å²) in [7, 11) is 0. The summed E-state index contributed by atoms with van der Waals surface area (Å²) in [6, 6.07) is 14.7. The molecular formula is C24H28BrN3O3. The van der Waals surface area contributed by atoms with Gasteiger partial charge in [0.2, 0.25) is 5.91 Å². The molecule has 0 bridgehead atoms. The maximum absolute atomic E-state index is 12.7. The lowest BCUT2D eigenvalue weighted by atomic mass is 9.96. The predicted octanol–water partition coefficient (Wildman–Crippen LogP) is 3.55. The number of hydrogen-bond acceptors (Lipinski definition) is 3. The number of amides is 3. The second-order valence-electron chi connectivity index (χ2n) is 7.87. The molecule has 2 aromatic carbocycles. The Morgan fingerprint density at radius 1 is 1.03 bits per heavy atom. The van der Waals surface area contributed by atoms with Crippen LogP contribution < -0.4 is 10.6 Å². The molecule has 3 rings (SSSR count). The third-order valence-electron chi connectivity index (χ3n) is 5.40. The molecule has 0 spiro atoms. The zero-order valence-electron chi connectivity index (χ0n) is 17.7. The summed E-state index contributed by atoms with van der Waals surface area (Å²) in [5, 5.41) is 5.81. The van der Waals surface area contributed by atoms with E-state index in [4.69, 9.17) is 0 Å². The minimum absolute atomic E-state index is 0.0206. The van der Waals surface area contributed by atoms with Gasteiger partial charge < -0.3 is 15.5 Å². The smallest absolute Gasteiger partial charge is 0.253 e. The highest BCUT2D eigenvalue weighted by molar-refractivity contribution is 9.10. The van der Waals surface area contributed by atoms with E-state index in [9.17, 15) is 14.4 Å². The fraction of sp³-hybridized carbons (Fsp3) is 0.375. The first-order valence-corrected chi connectivity index (χ1v) is 11.4. The van der Waals surface area contributed by atoms with Crippen LogP contribution in [0.4, 0.5) is 0 Å². The molecule has 1 unspecified atom stereocenters. The molecule has 2 N–H and O–H groups in total. The van der Waals surface area contributed by atoms with Gasteiger partial charge in [0.25, 0.3) is 11.8 Å². The van der Waals surface area contributed by atoms with Crippen molar-refractivity contribution in [2.75, 3.05) is 26.2 Å². The van der Waals surface area contributed by atoms with Crippen molar-refractivity contribution in [2.45, 2.75) is 26.2 Å². The Hall–Kier alpha value is -2.67. The number of carbonyl (C=O) groups is 3. The molecule has 2 aromatic rings. The molecule has 1 saturated heterocycles. The van der Waals surface area contributed by atoms with Crippen LogP contribution in [-0.2, 0) is 4.79 Å². The van der Waals surface area contributed by atoms with E-state index in [0.717, 1.165) is 22.9 Å². The van der Waals surface area contributed by atoms with Crippen molar-refractivity contribution in [1.82, 2.24) is 15.5 Å². The molecule has 31 heavy (non-hydrogen) atoms. The Labute approximate surface area is 191 Å². The number of halogens is 1. The van der Waals surface area contributed by atoms with Crippen molar-refractivity contribution >= 4 is 33.7 Å². The Kier molecular flexibility index (Phi) is 8.23. The quantitative estimate of drug-likeness (QED) is 0.588. The molecule has 0 saturated carbocycles. The molecular weight excluding hydrogens is 458 g/mol. The molecule has 1 heterocycles. The molecule has 3 amide bonds. The standard InChI is InChI=1S/C24H28BrN3O3/c1-17-8-10-18(11-9-17)24(31)28-14-3-6-20(16-28)23(30)27-13-4-12-26-22(29)19-5-2-7-21(25)15-19/h2,5,7-11,15,20H,3-4,6,12-14,16H2,1H3,(H,26,29)(H,27,30). The van der Waals surface area contributed by atoms with Crippen molar-refractivity contribution in [2.24, 2.45) is 5.92 Å². The summed E-state index contributed by atoms with van der Waals surface area (Å²) in [4.78, 5) is 39.2. The summed E-state index contributed by atoms with van der Waals surface area (Å²) < 4.78 is 0.856. The van der Waals surface area contributed by atoms with E-state index in [0.29, 0.717) is 43.7 Å². The second kappa shape index (κ2) is 11.1. The number of piperidine rings is 1. The molecule has 0 aliphatic carbocycles. The number of carbonyl (C=O) groups excluding carboxylic acids is 3. The Bertz CT molecular complexity index is 930. The summed E-state index contributed by atoms with van der Waals surface area (Å²) in [6.45, 7) is 4.08. The molecule has 1 aliphatic heterocycles. The lowest BCUT2D eigenvalue weighted by Gasteiger charge is -2.32. The number of likely N-dealkylation sites (tertiary alicyclic amines) is 1. The zero-order chi connectivity index (χ0) is 22.2. The maximum atomic E-state index is 12.7. The van der Waals surface area contributed by atoms with Crippen LogP contribution in [-0.4, -0.2) is 48.8 Å². The minimum atomic E-state index is -0.195. The number of rotatable bonds is 7. The summed E-state index contributed by atoms with van der Waals surface area (Å²) in [6.07, 6.45) is 2.24. The van der Waals surface area contributed by atoms with Gasteiger partial charge in [-0.2, -0.15) is 0 Å². The zero-order valence-corrected chi connectivity index (χ0v) is 19.3. The monoisotopic (exact) mass is 485 g/mol. The number of hydrogen-bond donors (Lipinski definition) is 2. The van der Waals surface area contributed by atoms with E-state index in [-0.39, 0.29) is 23.6 Å². The maximum Gasteiger partial charge on any atom is 0.253 e. The predicted molar refractivity (Wildman–Crippen MR) is 124 cm³/mol. The average Bonchev–Trinajstić information content (AvgIpc) is 2.78. The topological polar surface area (TPSA) is 78.5 Å². The fourth-order valence-electron chi connectivity index (χ4n) is 3.63. The van der Waals surface area contributed by atoms with Gasteiger partial charge in [-0.15, -0.1) is 0 Å². The number of nitrogens with one attached hydrogen (secondary N) is 2. The Balaban J connectivity index is 1.39. The SMILES string of the molecule is Cc1ccc(C(=O)N2CCCC(C(=O)NCCCNC(=O)c3cccc(Br)c3)C2)cc1.